The normalized spacial score (nSPS) is 12.1. The van der Waals surface area contributed by atoms with Crippen LogP contribution in [0.5, 0.6) is 11.5 Å². The number of rotatable bonds is 8. The van der Waals surface area contributed by atoms with Gasteiger partial charge in [0.15, 0.2) is 0 Å². The number of nitrogens with zero attached hydrogens (tertiary/aromatic N) is 3. The van der Waals surface area contributed by atoms with Crippen molar-refractivity contribution < 1.29 is 4.74 Å². The molecule has 4 heterocycles. The van der Waals surface area contributed by atoms with E-state index in [0.717, 1.165) is 112 Å². The van der Waals surface area contributed by atoms with Gasteiger partial charge in [0.1, 0.15) is 11.5 Å². The summed E-state index contributed by atoms with van der Waals surface area (Å²) in [6.07, 6.45) is 0. The molecule has 0 amide bonds. The minimum atomic E-state index is -0.228. The molecule has 69 heavy (non-hydrogen) atoms. The first-order valence-electron chi connectivity index (χ1n) is 23.5. The highest BCUT2D eigenvalue weighted by Gasteiger charge is 2.45. The molecule has 9 aromatic carbocycles. The van der Waals surface area contributed by atoms with Crippen LogP contribution in [-0.4, -0.2) is 16.7 Å². The summed E-state index contributed by atoms with van der Waals surface area (Å²) in [6, 6.07) is 90.4. The molecule has 11 aromatic rings. The minimum absolute atomic E-state index is 0.228. The number of benzene rings is 9. The zero-order valence-corrected chi connectivity index (χ0v) is 37.6. The van der Waals surface area contributed by atoms with E-state index in [-0.39, 0.29) is 6.71 Å². The van der Waals surface area contributed by atoms with Gasteiger partial charge < -0.3 is 9.64 Å². The van der Waals surface area contributed by atoms with Gasteiger partial charge in [0.05, 0.1) is 28.5 Å². The molecule has 0 fully saturated rings. The first-order chi connectivity index (χ1) is 34.2. The summed E-state index contributed by atoms with van der Waals surface area (Å²) in [5, 5.41) is 0. The summed E-state index contributed by atoms with van der Waals surface area (Å²) in [5.41, 5.74) is 20.9. The fraction of sp³-hybridized carbons (Fsp3) is 0. The number of fused-ring (bicyclic) bond motifs is 4. The van der Waals surface area contributed by atoms with E-state index in [4.69, 9.17) is 14.7 Å². The molecule has 0 N–H and O–H groups in total. The second-order valence-corrected chi connectivity index (χ2v) is 17.7. The highest BCUT2D eigenvalue weighted by Crippen LogP contribution is 2.50. The second kappa shape index (κ2) is 17.0. The van der Waals surface area contributed by atoms with Gasteiger partial charge in [0.25, 0.3) is 6.71 Å². The molecule has 13 rings (SSSR count). The smallest absolute Gasteiger partial charge is 0.256 e. The highest BCUT2D eigenvalue weighted by atomic mass is 16.5. The Hall–Kier alpha value is -9.06. The van der Waals surface area contributed by atoms with E-state index in [1.165, 1.54) is 11.0 Å². The molecular weight excluding hydrogens is 838 g/mol. The van der Waals surface area contributed by atoms with E-state index in [1.54, 1.807) is 0 Å². The maximum absolute atomic E-state index is 7.43. The Morgan fingerprint density at radius 1 is 0.333 bits per heavy atom. The molecule has 0 unspecified atom stereocenters. The van der Waals surface area contributed by atoms with Crippen molar-refractivity contribution >= 4 is 40.2 Å². The molecule has 0 aliphatic carbocycles. The summed E-state index contributed by atoms with van der Waals surface area (Å²) in [4.78, 5) is 13.4. The van der Waals surface area contributed by atoms with Crippen molar-refractivity contribution in [2.24, 2.45) is 0 Å². The number of ether oxygens (including phenoxy) is 1. The monoisotopic (exact) mass is 879 g/mol. The predicted octanol–water partition coefficient (Wildman–Crippen LogP) is 14.6. The standard InChI is InChI=1S/C64H42BN3O/c1-6-18-43(19-7-1)46-32-36-51(37-33-46)68-60-38-34-49(44-20-8-2-9-21-44)40-54(60)65-55-41-50(45-22-10-3-11-23-45)35-39-61(55)69-64-53(59-31-17-29-57(67-59)48-26-14-5-15-27-48)42-52(63(68)62(64)65)58-30-16-28-56(66-58)47-24-12-4-13-25-47/h1-42H. The van der Waals surface area contributed by atoms with Gasteiger partial charge >= 0.3 is 0 Å². The molecule has 0 atom stereocenters. The molecule has 0 spiro atoms. The van der Waals surface area contributed by atoms with Gasteiger partial charge in [-0.2, -0.15) is 0 Å². The molecule has 0 bridgehead atoms. The highest BCUT2D eigenvalue weighted by molar-refractivity contribution is 6.99. The van der Waals surface area contributed by atoms with E-state index >= 15 is 0 Å². The zero-order chi connectivity index (χ0) is 45.7. The lowest BCUT2D eigenvalue weighted by Gasteiger charge is -2.42. The second-order valence-electron chi connectivity index (χ2n) is 17.7. The predicted molar refractivity (Wildman–Crippen MR) is 286 cm³/mol. The van der Waals surface area contributed by atoms with Crippen LogP contribution >= 0.6 is 0 Å². The Bertz CT molecular complexity index is 3680. The van der Waals surface area contributed by atoms with E-state index in [0.29, 0.717) is 0 Å². The number of hydrogen-bond acceptors (Lipinski definition) is 4. The third-order valence-corrected chi connectivity index (χ3v) is 13.5. The van der Waals surface area contributed by atoms with Crippen molar-refractivity contribution in [3.63, 3.8) is 0 Å². The molecule has 0 saturated carbocycles. The van der Waals surface area contributed by atoms with E-state index in [1.807, 2.05) is 12.1 Å². The largest absolute Gasteiger partial charge is 0.458 e. The van der Waals surface area contributed by atoms with Gasteiger partial charge in [0.2, 0.25) is 0 Å². The van der Waals surface area contributed by atoms with Crippen LogP contribution in [0.2, 0.25) is 0 Å². The third kappa shape index (κ3) is 7.20. The molecule has 2 aromatic heterocycles. The average Bonchev–Trinajstić information content (AvgIpc) is 3.44. The number of hydrogen-bond donors (Lipinski definition) is 0. The first kappa shape index (κ1) is 40.2. The van der Waals surface area contributed by atoms with Crippen LogP contribution in [0.1, 0.15) is 0 Å². The van der Waals surface area contributed by atoms with Crippen LogP contribution in [0.15, 0.2) is 255 Å². The molecule has 0 saturated heterocycles. The molecule has 0 radical (unpaired) electrons. The van der Waals surface area contributed by atoms with Crippen LogP contribution in [-0.2, 0) is 0 Å². The molecule has 2 aliphatic rings. The van der Waals surface area contributed by atoms with E-state index in [9.17, 15) is 0 Å². The third-order valence-electron chi connectivity index (χ3n) is 13.5. The van der Waals surface area contributed by atoms with Crippen LogP contribution in [0.25, 0.3) is 78.4 Å². The maximum atomic E-state index is 7.43. The van der Waals surface area contributed by atoms with Crippen molar-refractivity contribution in [2.45, 2.75) is 0 Å². The van der Waals surface area contributed by atoms with Crippen LogP contribution in [0.4, 0.5) is 17.1 Å². The van der Waals surface area contributed by atoms with E-state index < -0.39 is 0 Å². The summed E-state index contributed by atoms with van der Waals surface area (Å²) in [5.74, 6) is 1.62. The van der Waals surface area contributed by atoms with E-state index in [2.05, 4.69) is 248 Å². The summed E-state index contributed by atoms with van der Waals surface area (Å²) < 4.78 is 7.43. The zero-order valence-electron chi connectivity index (χ0n) is 37.6. The summed E-state index contributed by atoms with van der Waals surface area (Å²) in [6.45, 7) is -0.228. The molecule has 4 nitrogen and oxygen atoms in total. The average molecular weight is 880 g/mol. The fourth-order valence-corrected chi connectivity index (χ4v) is 10.3. The first-order valence-corrected chi connectivity index (χ1v) is 23.5. The van der Waals surface area contributed by atoms with Crippen LogP contribution in [0, 0.1) is 0 Å². The lowest BCUT2D eigenvalue weighted by atomic mass is 9.33. The van der Waals surface area contributed by atoms with Crippen molar-refractivity contribution in [3.8, 4) is 89.9 Å². The number of anilines is 3. The van der Waals surface area contributed by atoms with Gasteiger partial charge in [-0.15, -0.1) is 0 Å². The van der Waals surface area contributed by atoms with Crippen LogP contribution < -0.4 is 26.0 Å². The SMILES string of the molecule is c1ccc(-c2ccc(N3c4ccc(-c5ccccc5)cc4B4c5cc(-c6ccccc6)ccc5Oc5c(-c6cccc(-c7ccccc7)n6)cc(-c6cccc(-c7ccccc7)n6)c3c54)cc2)cc1. The Morgan fingerprint density at radius 3 is 1.32 bits per heavy atom. The Morgan fingerprint density at radius 2 is 0.768 bits per heavy atom. The van der Waals surface area contributed by atoms with Gasteiger partial charge in [-0.3, -0.25) is 0 Å². The van der Waals surface area contributed by atoms with Crippen LogP contribution in [0.3, 0.4) is 0 Å². The van der Waals surface area contributed by atoms with Crippen molar-refractivity contribution in [1.82, 2.24) is 9.97 Å². The quantitative estimate of drug-likeness (QED) is 0.143. The summed E-state index contributed by atoms with van der Waals surface area (Å²) in [7, 11) is 0. The minimum Gasteiger partial charge on any atom is -0.458 e. The molecule has 5 heteroatoms. The van der Waals surface area contributed by atoms with Crippen molar-refractivity contribution in [2.75, 3.05) is 4.90 Å². The number of pyridine rings is 2. The maximum Gasteiger partial charge on any atom is 0.256 e. The Balaban J connectivity index is 1.14. The Labute approximate surface area is 402 Å². The number of aromatic nitrogens is 2. The lowest BCUT2D eigenvalue weighted by Crippen LogP contribution is -2.59. The van der Waals surface area contributed by atoms with Gasteiger partial charge in [-0.25, -0.2) is 9.97 Å². The van der Waals surface area contributed by atoms with Gasteiger partial charge in [-0.05, 0) is 104 Å². The molecular formula is C64H42BN3O. The topological polar surface area (TPSA) is 38.2 Å². The van der Waals surface area contributed by atoms with Crippen molar-refractivity contribution in [1.29, 1.82) is 0 Å². The molecule has 2 aliphatic heterocycles. The lowest BCUT2D eigenvalue weighted by molar-refractivity contribution is 0.489. The van der Waals surface area contributed by atoms with Crippen molar-refractivity contribution in [3.05, 3.63) is 255 Å². The van der Waals surface area contributed by atoms with Gasteiger partial charge in [-0.1, -0.05) is 200 Å². The Kier molecular flexibility index (Phi) is 9.91. The fourth-order valence-electron chi connectivity index (χ4n) is 10.3. The molecule has 322 valence electrons. The van der Waals surface area contributed by atoms with Gasteiger partial charge in [0, 0.05) is 33.6 Å². The summed E-state index contributed by atoms with van der Waals surface area (Å²) >= 11 is 0.